The summed E-state index contributed by atoms with van der Waals surface area (Å²) in [6.45, 7) is -0.545. The minimum Gasteiger partial charge on any atom is -0.383 e. The van der Waals surface area contributed by atoms with Gasteiger partial charge in [-0.05, 0) is 12.1 Å². The molecule has 0 radical (unpaired) electrons. The van der Waals surface area contributed by atoms with Gasteiger partial charge in [0, 0.05) is 5.02 Å². The van der Waals surface area contributed by atoms with Gasteiger partial charge in [-0.2, -0.15) is 0 Å². The molecule has 2 rings (SSSR count). The number of piperidine rings is 1. The summed E-state index contributed by atoms with van der Waals surface area (Å²) >= 11 is 5.49. The van der Waals surface area contributed by atoms with Crippen molar-refractivity contribution < 1.29 is 23.8 Å². The zero-order valence-corrected chi connectivity index (χ0v) is 9.86. The molecule has 0 unspecified atom stereocenters. The van der Waals surface area contributed by atoms with Gasteiger partial charge in [0.25, 0.3) is 0 Å². The van der Waals surface area contributed by atoms with Crippen molar-refractivity contribution in [3.63, 3.8) is 0 Å². The third kappa shape index (κ3) is 2.31. The van der Waals surface area contributed by atoms with Crippen LogP contribution < -0.4 is 4.90 Å². The predicted molar refractivity (Wildman–Crippen MR) is 60.6 cm³/mol. The van der Waals surface area contributed by atoms with Crippen LogP contribution in [0.5, 0.6) is 0 Å². The van der Waals surface area contributed by atoms with Crippen LogP contribution in [0.2, 0.25) is 5.02 Å². The lowest BCUT2D eigenvalue weighted by Crippen LogP contribution is -2.53. The molecule has 0 spiro atoms. The molecule has 0 saturated carbocycles. The number of nitrogens with zero attached hydrogens (tertiary/aromatic N) is 1. The highest BCUT2D eigenvalue weighted by atomic mass is 35.5. The number of halogens is 3. The van der Waals surface area contributed by atoms with Gasteiger partial charge >= 0.3 is 0 Å². The molecule has 0 amide bonds. The van der Waals surface area contributed by atoms with Crippen LogP contribution in [-0.2, 0) is 4.79 Å². The number of β-amino-alcohol motifs (C(OH)–C–C–N with tert-alkyl or cyclic N) is 2. The quantitative estimate of drug-likeness (QED) is 0.794. The Morgan fingerprint density at radius 2 is 1.61 bits per heavy atom. The second-order valence-corrected chi connectivity index (χ2v) is 4.49. The molecule has 1 aliphatic heterocycles. The molecule has 1 aliphatic rings. The number of aliphatic hydroxyl groups is 2. The maximum Gasteiger partial charge on any atom is 0.193 e. The molecule has 2 atom stereocenters. The smallest absolute Gasteiger partial charge is 0.193 e. The number of ketones is 1. The van der Waals surface area contributed by atoms with E-state index in [1.807, 2.05) is 0 Å². The number of hydrogen-bond donors (Lipinski definition) is 2. The summed E-state index contributed by atoms with van der Waals surface area (Å²) in [5.41, 5.74) is -0.412. The Balaban J connectivity index is 2.35. The Labute approximate surface area is 106 Å². The normalized spacial score (nSPS) is 24.5. The highest BCUT2D eigenvalue weighted by Crippen LogP contribution is 2.28. The third-order valence-electron chi connectivity index (χ3n) is 2.74. The summed E-state index contributed by atoms with van der Waals surface area (Å²) in [6.07, 6.45) is -2.94. The highest BCUT2D eigenvalue weighted by Gasteiger charge is 2.34. The Bertz CT molecular complexity index is 460. The number of anilines is 1. The number of benzene rings is 1. The van der Waals surface area contributed by atoms with Gasteiger partial charge in [-0.3, -0.25) is 4.79 Å². The number of carbonyl (C=O) groups excluding carboxylic acids is 1. The van der Waals surface area contributed by atoms with Crippen LogP contribution in [0.25, 0.3) is 0 Å². The molecule has 1 saturated heterocycles. The second-order valence-electron chi connectivity index (χ2n) is 4.06. The second kappa shape index (κ2) is 4.79. The first kappa shape index (κ1) is 13.2. The van der Waals surface area contributed by atoms with Crippen LogP contribution in [0.15, 0.2) is 12.1 Å². The minimum absolute atomic E-state index is 0.0945. The largest absolute Gasteiger partial charge is 0.383 e. The molecular formula is C11H10ClF2NO3. The van der Waals surface area contributed by atoms with E-state index in [9.17, 15) is 23.8 Å². The lowest BCUT2D eigenvalue weighted by molar-refractivity contribution is -0.136. The van der Waals surface area contributed by atoms with Crippen LogP contribution >= 0.6 is 11.6 Å². The van der Waals surface area contributed by atoms with Crippen molar-refractivity contribution in [3.8, 4) is 0 Å². The Morgan fingerprint density at radius 1 is 1.17 bits per heavy atom. The zero-order chi connectivity index (χ0) is 13.4. The summed E-state index contributed by atoms with van der Waals surface area (Å²) < 4.78 is 27.3. The Kier molecular flexibility index (Phi) is 3.52. The first-order chi connectivity index (χ1) is 8.40. The SMILES string of the molecule is O=C1[C@H](O)CN(c2c(F)cc(Cl)cc2F)C[C@H]1O. The fourth-order valence-electron chi connectivity index (χ4n) is 1.91. The van der Waals surface area contributed by atoms with E-state index in [2.05, 4.69) is 0 Å². The molecule has 0 aliphatic carbocycles. The van der Waals surface area contributed by atoms with Crippen LogP contribution in [0, 0.1) is 11.6 Å². The maximum atomic E-state index is 13.6. The molecule has 18 heavy (non-hydrogen) atoms. The van der Waals surface area contributed by atoms with E-state index in [1.165, 1.54) is 0 Å². The number of aliphatic hydroxyl groups excluding tert-OH is 2. The van der Waals surface area contributed by atoms with Gasteiger partial charge in [0.05, 0.1) is 13.1 Å². The molecule has 1 aromatic rings. The molecule has 0 bridgehead atoms. The monoisotopic (exact) mass is 277 g/mol. The van der Waals surface area contributed by atoms with Crippen molar-refractivity contribution in [2.45, 2.75) is 12.2 Å². The van der Waals surface area contributed by atoms with Crippen molar-refractivity contribution in [1.82, 2.24) is 0 Å². The molecule has 7 heteroatoms. The fourth-order valence-corrected chi connectivity index (χ4v) is 2.10. The van der Waals surface area contributed by atoms with Crippen molar-refractivity contribution in [3.05, 3.63) is 28.8 Å². The van der Waals surface area contributed by atoms with Crippen molar-refractivity contribution >= 4 is 23.1 Å². The van der Waals surface area contributed by atoms with Gasteiger partial charge in [0.15, 0.2) is 17.4 Å². The molecule has 4 nitrogen and oxygen atoms in total. The topological polar surface area (TPSA) is 60.8 Å². The average molecular weight is 278 g/mol. The molecule has 1 heterocycles. The van der Waals surface area contributed by atoms with E-state index in [4.69, 9.17) is 11.6 Å². The Hall–Kier alpha value is -1.24. The number of carbonyl (C=O) groups is 1. The van der Waals surface area contributed by atoms with Crippen molar-refractivity contribution in [2.24, 2.45) is 0 Å². The number of Topliss-reactive ketones (excluding diaryl/α,β-unsaturated/α-hetero) is 1. The summed E-state index contributed by atoms with van der Waals surface area (Å²) in [7, 11) is 0. The van der Waals surface area contributed by atoms with Crippen molar-refractivity contribution in [1.29, 1.82) is 0 Å². The lowest BCUT2D eigenvalue weighted by Gasteiger charge is -2.34. The maximum absolute atomic E-state index is 13.6. The van der Waals surface area contributed by atoms with Gasteiger partial charge in [0.1, 0.15) is 17.9 Å². The van der Waals surface area contributed by atoms with Gasteiger partial charge in [-0.1, -0.05) is 11.6 Å². The minimum atomic E-state index is -1.47. The van der Waals surface area contributed by atoms with E-state index >= 15 is 0 Å². The molecule has 1 aromatic carbocycles. The van der Waals surface area contributed by atoms with E-state index in [0.717, 1.165) is 17.0 Å². The van der Waals surface area contributed by atoms with Crippen LogP contribution in [-0.4, -0.2) is 41.3 Å². The average Bonchev–Trinajstić information content (AvgIpc) is 2.24. The predicted octanol–water partition coefficient (Wildman–Crippen LogP) is 0.729. The molecule has 2 N–H and O–H groups in total. The molecule has 0 aromatic heterocycles. The Morgan fingerprint density at radius 3 is 2.06 bits per heavy atom. The number of hydrogen-bond acceptors (Lipinski definition) is 4. The third-order valence-corrected chi connectivity index (χ3v) is 2.96. The van der Waals surface area contributed by atoms with Gasteiger partial charge in [-0.25, -0.2) is 8.78 Å². The van der Waals surface area contributed by atoms with Crippen LogP contribution in [0.4, 0.5) is 14.5 Å². The summed E-state index contributed by atoms with van der Waals surface area (Å²) in [4.78, 5) is 12.3. The zero-order valence-electron chi connectivity index (χ0n) is 9.11. The van der Waals surface area contributed by atoms with Crippen LogP contribution in [0.1, 0.15) is 0 Å². The van der Waals surface area contributed by atoms with E-state index < -0.39 is 35.3 Å². The highest BCUT2D eigenvalue weighted by molar-refractivity contribution is 6.30. The fraction of sp³-hybridized carbons (Fsp3) is 0.364. The summed E-state index contributed by atoms with van der Waals surface area (Å²) in [6, 6.07) is 1.85. The molecule has 98 valence electrons. The van der Waals surface area contributed by atoms with E-state index in [-0.39, 0.29) is 18.1 Å². The molecular weight excluding hydrogens is 268 g/mol. The van der Waals surface area contributed by atoms with E-state index in [0.29, 0.717) is 0 Å². The van der Waals surface area contributed by atoms with Gasteiger partial charge in [0.2, 0.25) is 0 Å². The number of rotatable bonds is 1. The van der Waals surface area contributed by atoms with Crippen LogP contribution in [0.3, 0.4) is 0 Å². The molecule has 1 fully saturated rings. The standard InChI is InChI=1S/C11H10ClF2NO3/c12-5-1-6(13)10(7(14)2-5)15-3-8(16)11(18)9(17)4-15/h1-2,8-9,16-17H,3-4H2/t8-,9-/m1/s1. The first-order valence-corrected chi connectivity index (χ1v) is 5.57. The summed E-state index contributed by atoms with van der Waals surface area (Å²) in [5, 5.41) is 18.7. The lowest BCUT2D eigenvalue weighted by atomic mass is 10.0. The first-order valence-electron chi connectivity index (χ1n) is 5.19. The van der Waals surface area contributed by atoms with Crippen molar-refractivity contribution in [2.75, 3.05) is 18.0 Å². The van der Waals surface area contributed by atoms with Gasteiger partial charge < -0.3 is 15.1 Å². The van der Waals surface area contributed by atoms with Gasteiger partial charge in [-0.15, -0.1) is 0 Å². The van der Waals surface area contributed by atoms with E-state index in [1.54, 1.807) is 0 Å². The summed E-state index contributed by atoms with van der Waals surface area (Å²) in [5.74, 6) is -2.57.